The van der Waals surface area contributed by atoms with Crippen LogP contribution in [0.15, 0.2) is 0 Å². The van der Waals surface area contributed by atoms with Gasteiger partial charge in [-0.3, -0.25) is 28.8 Å². The molecule has 0 aliphatic heterocycles. The van der Waals surface area contributed by atoms with Crippen molar-refractivity contribution in [2.45, 2.75) is 144 Å². The first-order valence-corrected chi connectivity index (χ1v) is 27.0. The number of carbonyl (C=O) groups is 6. The molecule has 60 heavy (non-hydrogen) atoms. The lowest BCUT2D eigenvalue weighted by Gasteiger charge is -2.19. The van der Waals surface area contributed by atoms with E-state index in [2.05, 4.69) is 106 Å². The van der Waals surface area contributed by atoms with Crippen molar-refractivity contribution >= 4 is 178 Å². The molecule has 0 saturated carbocycles. The number of hydrogen-bond acceptors (Lipinski definition) is 9. The number of amides is 2. The molecule has 360 valence electrons. The van der Waals surface area contributed by atoms with Crippen LogP contribution in [0.4, 0.5) is 0 Å². The third-order valence-corrected chi connectivity index (χ3v) is 12.6. The van der Waals surface area contributed by atoms with Crippen LogP contribution in [0.3, 0.4) is 0 Å². The van der Waals surface area contributed by atoms with Gasteiger partial charge in [-0.2, -0.15) is 0 Å². The molecule has 0 rings (SSSR count). The number of alkyl halides is 10. The number of unbranched alkanes of at least 4 members (excludes halogenated alkanes) is 6. The summed E-state index contributed by atoms with van der Waals surface area (Å²) in [5, 5.41) is 24.1. The second-order valence-electron chi connectivity index (χ2n) is 13.8. The Morgan fingerprint density at radius 2 is 0.850 bits per heavy atom. The highest BCUT2D eigenvalue weighted by Crippen LogP contribution is 2.12. The second kappa shape index (κ2) is 50.8. The Kier molecular flexibility index (Phi) is 61.3. The molecule has 3 unspecified atom stereocenters. The lowest BCUT2D eigenvalue weighted by Crippen LogP contribution is -2.32. The summed E-state index contributed by atoms with van der Waals surface area (Å²) in [4.78, 5) is 64.4. The molecule has 0 bridgehead atoms. The van der Waals surface area contributed by atoms with E-state index in [1.54, 1.807) is 0 Å². The Balaban J connectivity index is -0.000000160. The first-order chi connectivity index (χ1) is 27.8. The summed E-state index contributed by atoms with van der Waals surface area (Å²) >= 11 is 37.8. The summed E-state index contributed by atoms with van der Waals surface area (Å²) in [6.07, 6.45) is 8.92. The van der Waals surface area contributed by atoms with Gasteiger partial charge in [0.1, 0.15) is 25.7 Å². The number of nitrogens with two attached hydrogens (primary N) is 1. The van der Waals surface area contributed by atoms with E-state index < -0.39 is 22.4 Å². The van der Waals surface area contributed by atoms with Crippen LogP contribution >= 0.6 is 142 Å². The predicted molar refractivity (Wildman–Crippen MR) is 270 cm³/mol. The molecule has 0 aliphatic rings. The average Bonchev–Trinajstić information content (AvgIpc) is 3.14. The molecule has 2 amide bonds. The highest BCUT2D eigenvalue weighted by atomic mass is 79.9. The van der Waals surface area contributed by atoms with Crippen molar-refractivity contribution < 1.29 is 48.5 Å². The number of aliphatic carboxylic acids is 2. The molecule has 0 radical (unpaired) electrons. The summed E-state index contributed by atoms with van der Waals surface area (Å²) in [7, 11) is 0. The van der Waals surface area contributed by atoms with Gasteiger partial charge in [0.05, 0.1) is 10.7 Å². The number of carboxylic acids is 2. The van der Waals surface area contributed by atoms with Crippen molar-refractivity contribution in [1.82, 2.24) is 10.6 Å². The number of nitrogens with one attached hydrogen (secondary N) is 2. The standard InChI is InChI=1S/C13H23Br2NO3.C10H21NO2.C9H15Br2NO3.C3H4Br2O2.2CH2Cl2/c1-13(2,3)19-11(17)7-5-4-6-8-16-12(18)10(15)9-14;1-10(2,3)13-9(12)7-5-4-6-8-11;10-6-7(11)9(15)12-5-3-1-2-4-8(13)14;4-1-2(5)3(6)7;2*2-1-3/h10H,4-9H2,1-3H3,(H,16,18);4-8,11H2,1-3H3;7H,1-6H2,(H,12,15)(H,13,14);2H,1H2,(H,6,7);2*1H2. The van der Waals surface area contributed by atoms with Crippen LogP contribution in [0.25, 0.3) is 0 Å². The number of hydrogen-bond donors (Lipinski definition) is 5. The van der Waals surface area contributed by atoms with Crippen LogP contribution in [-0.4, -0.2) is 118 Å². The minimum atomic E-state index is -0.836. The number of esters is 2. The monoisotopic (exact) mass is 1330 g/mol. The topological polar surface area (TPSA) is 211 Å². The SMILES string of the molecule is CC(C)(C)OC(=O)CCCCCN.CC(C)(C)OC(=O)CCCCCNC(=O)C(Br)CBr.ClCCl.ClCCl.O=C(O)C(Br)CBr.O=C(O)CCCCCNC(=O)C(Br)CBr. The Morgan fingerprint density at radius 1 is 0.550 bits per heavy atom. The van der Waals surface area contributed by atoms with Gasteiger partial charge >= 0.3 is 23.9 Å². The quantitative estimate of drug-likeness (QED) is 0.0369. The third-order valence-electron chi connectivity index (χ3n) is 5.89. The normalized spacial score (nSPS) is 11.8. The number of halogens is 10. The minimum Gasteiger partial charge on any atom is -0.481 e. The number of carboxylic acid groups (broad SMARTS) is 2. The van der Waals surface area contributed by atoms with Gasteiger partial charge in [0, 0.05) is 48.3 Å². The molecule has 0 aromatic heterocycles. The molecule has 0 heterocycles. The summed E-state index contributed by atoms with van der Waals surface area (Å²) in [6, 6.07) is 0. The maximum absolute atomic E-state index is 11.4. The first-order valence-electron chi connectivity index (χ1n) is 18.8. The highest BCUT2D eigenvalue weighted by Gasteiger charge is 2.17. The van der Waals surface area contributed by atoms with E-state index in [0.717, 1.165) is 51.4 Å². The average molecular weight is 1340 g/mol. The zero-order valence-corrected chi connectivity index (χ0v) is 47.9. The van der Waals surface area contributed by atoms with Crippen molar-refractivity contribution in [3.63, 3.8) is 0 Å². The zero-order valence-electron chi connectivity index (χ0n) is 35.4. The van der Waals surface area contributed by atoms with Crippen molar-refractivity contribution in [2.24, 2.45) is 5.73 Å². The third kappa shape index (κ3) is 70.5. The van der Waals surface area contributed by atoms with Gasteiger partial charge in [-0.25, -0.2) is 0 Å². The van der Waals surface area contributed by atoms with Crippen molar-refractivity contribution in [3.05, 3.63) is 0 Å². The van der Waals surface area contributed by atoms with Gasteiger partial charge in [0.25, 0.3) is 0 Å². The van der Waals surface area contributed by atoms with E-state index >= 15 is 0 Å². The van der Waals surface area contributed by atoms with Gasteiger partial charge < -0.3 is 36.1 Å². The molecular formula is C37H67Br6Cl4N3O10. The van der Waals surface area contributed by atoms with E-state index in [0.29, 0.717) is 54.9 Å². The van der Waals surface area contributed by atoms with Crippen LogP contribution in [0.1, 0.15) is 119 Å². The first kappa shape index (κ1) is 72.4. The van der Waals surface area contributed by atoms with Crippen LogP contribution in [0, 0.1) is 0 Å². The molecule has 23 heteroatoms. The second-order valence-corrected chi connectivity index (χ2v) is 20.6. The highest BCUT2D eigenvalue weighted by molar-refractivity contribution is 9.13. The van der Waals surface area contributed by atoms with Gasteiger partial charge in [-0.1, -0.05) is 115 Å². The Bertz CT molecular complexity index is 1080. The molecule has 3 atom stereocenters. The molecule has 0 aromatic rings. The molecule has 0 aliphatic carbocycles. The molecular weight excluding hydrogens is 1270 g/mol. The Morgan fingerprint density at radius 3 is 1.08 bits per heavy atom. The molecule has 13 nitrogen and oxygen atoms in total. The van der Waals surface area contributed by atoms with Crippen molar-refractivity contribution in [2.75, 3.05) is 46.3 Å². The number of ether oxygens (including phenoxy) is 2. The van der Waals surface area contributed by atoms with Crippen molar-refractivity contribution in [1.29, 1.82) is 0 Å². The summed E-state index contributed by atoms with van der Waals surface area (Å²) in [5.74, 6) is -1.91. The molecule has 0 aromatic carbocycles. The largest absolute Gasteiger partial charge is 0.481 e. The maximum Gasteiger partial charge on any atom is 0.318 e. The number of carbonyl (C=O) groups excluding carboxylic acids is 4. The van der Waals surface area contributed by atoms with E-state index in [4.69, 9.17) is 71.8 Å². The molecule has 0 spiro atoms. The number of rotatable bonds is 23. The fourth-order valence-electron chi connectivity index (χ4n) is 3.38. The summed E-state index contributed by atoms with van der Waals surface area (Å²) in [6.45, 7) is 13.2. The van der Waals surface area contributed by atoms with E-state index in [1.165, 1.54) is 0 Å². The molecule has 0 saturated heterocycles. The van der Waals surface area contributed by atoms with E-state index in [9.17, 15) is 28.8 Å². The van der Waals surface area contributed by atoms with Crippen molar-refractivity contribution in [3.8, 4) is 0 Å². The smallest absolute Gasteiger partial charge is 0.318 e. The van der Waals surface area contributed by atoms with E-state index in [-0.39, 0.29) is 56.1 Å². The van der Waals surface area contributed by atoms with Crippen LogP contribution < -0.4 is 16.4 Å². The Hall–Kier alpha value is 0.820. The van der Waals surface area contributed by atoms with Gasteiger partial charge in [-0.15, -0.1) is 46.4 Å². The van der Waals surface area contributed by atoms with E-state index in [1.807, 2.05) is 41.5 Å². The fraction of sp³-hybridized carbons (Fsp3) is 0.838. The van der Waals surface area contributed by atoms with Gasteiger partial charge in [-0.05, 0) is 86.6 Å². The molecule has 0 fully saturated rings. The van der Waals surface area contributed by atoms with Gasteiger partial charge in [0.2, 0.25) is 11.8 Å². The Labute approximate surface area is 429 Å². The predicted octanol–water partition coefficient (Wildman–Crippen LogP) is 11.0. The van der Waals surface area contributed by atoms with Crippen LogP contribution in [-0.2, 0) is 38.2 Å². The molecule has 6 N–H and O–H groups in total. The van der Waals surface area contributed by atoms with Crippen LogP contribution in [0.2, 0.25) is 0 Å². The van der Waals surface area contributed by atoms with Gasteiger partial charge in [0.15, 0.2) is 0 Å². The zero-order chi connectivity index (χ0) is 48.2. The summed E-state index contributed by atoms with van der Waals surface area (Å²) < 4.78 is 10.4. The lowest BCUT2D eigenvalue weighted by molar-refractivity contribution is -0.156. The minimum absolute atomic E-state index is 0.0102. The van der Waals surface area contributed by atoms with Crippen LogP contribution in [0.5, 0.6) is 0 Å². The lowest BCUT2D eigenvalue weighted by atomic mass is 10.1. The maximum atomic E-state index is 11.4. The summed E-state index contributed by atoms with van der Waals surface area (Å²) in [5.41, 5.74) is 4.56. The fourth-order valence-corrected chi connectivity index (χ4v) is 4.56.